The number of hydrogen-bond donors (Lipinski definition) is 1. The topological polar surface area (TPSA) is 45.5 Å². The van der Waals surface area contributed by atoms with Gasteiger partial charge in [0.25, 0.3) is 0 Å². The summed E-state index contributed by atoms with van der Waals surface area (Å²) in [5.74, 6) is 1.43. The molecular weight excluding hydrogens is 216 g/mol. The van der Waals surface area contributed by atoms with Crippen molar-refractivity contribution in [3.8, 4) is 5.75 Å². The van der Waals surface area contributed by atoms with E-state index in [0.29, 0.717) is 19.0 Å². The minimum Gasteiger partial charge on any atom is -0.496 e. The molecule has 4 heteroatoms. The van der Waals surface area contributed by atoms with E-state index in [1.54, 1.807) is 7.11 Å². The molecule has 1 aliphatic heterocycles. The summed E-state index contributed by atoms with van der Waals surface area (Å²) in [6.07, 6.45) is 0. The minimum absolute atomic E-state index is 0.569. The van der Waals surface area contributed by atoms with Gasteiger partial charge >= 0.3 is 0 Å². The first-order chi connectivity index (χ1) is 8.22. The number of nitrogens with one attached hydrogen (secondary N) is 1. The number of amidine groups is 1. The Morgan fingerprint density at radius 3 is 2.65 bits per heavy atom. The number of methoxy groups -OCH3 is 1. The summed E-state index contributed by atoms with van der Waals surface area (Å²) in [7, 11) is 1.66. The van der Waals surface area contributed by atoms with E-state index in [4.69, 9.17) is 14.9 Å². The Morgan fingerprint density at radius 2 is 2.06 bits per heavy atom. The van der Waals surface area contributed by atoms with Crippen molar-refractivity contribution >= 4 is 5.84 Å². The second kappa shape index (κ2) is 5.19. The van der Waals surface area contributed by atoms with Crippen LogP contribution in [0, 0.1) is 12.3 Å². The van der Waals surface area contributed by atoms with E-state index in [1.165, 1.54) is 0 Å². The number of ether oxygens (including phenoxy) is 2. The Bertz CT molecular complexity index is 412. The maximum absolute atomic E-state index is 8.18. The molecule has 0 bridgehead atoms. The predicted molar refractivity (Wildman–Crippen MR) is 67.0 cm³/mol. The molecule has 1 fully saturated rings. The van der Waals surface area contributed by atoms with Crippen LogP contribution < -0.4 is 4.74 Å². The molecule has 4 nitrogen and oxygen atoms in total. The lowest BCUT2D eigenvalue weighted by Crippen LogP contribution is -2.40. The van der Waals surface area contributed by atoms with Crippen LogP contribution in [-0.2, 0) is 4.74 Å². The molecule has 0 unspecified atom stereocenters. The molecule has 1 aromatic carbocycles. The maximum Gasteiger partial charge on any atom is 0.128 e. The Kier molecular flexibility index (Phi) is 3.64. The van der Waals surface area contributed by atoms with Gasteiger partial charge in [0, 0.05) is 18.7 Å². The molecule has 1 heterocycles. The Morgan fingerprint density at radius 1 is 1.35 bits per heavy atom. The molecule has 2 rings (SSSR count). The third kappa shape index (κ3) is 2.58. The van der Waals surface area contributed by atoms with Crippen molar-refractivity contribution in [2.24, 2.45) is 0 Å². The minimum atomic E-state index is 0.569. The second-order valence-corrected chi connectivity index (χ2v) is 4.13. The highest BCUT2D eigenvalue weighted by atomic mass is 16.5. The van der Waals surface area contributed by atoms with E-state index < -0.39 is 0 Å². The Hall–Kier alpha value is -1.55. The first kappa shape index (κ1) is 11.9. The van der Waals surface area contributed by atoms with Crippen LogP contribution in [0.25, 0.3) is 0 Å². The smallest absolute Gasteiger partial charge is 0.128 e. The van der Waals surface area contributed by atoms with E-state index in [2.05, 4.69) is 0 Å². The average molecular weight is 234 g/mol. The fourth-order valence-corrected chi connectivity index (χ4v) is 2.00. The van der Waals surface area contributed by atoms with Crippen LogP contribution in [0.3, 0.4) is 0 Å². The molecule has 17 heavy (non-hydrogen) atoms. The lowest BCUT2D eigenvalue weighted by molar-refractivity contribution is 0.0680. The third-order valence-corrected chi connectivity index (χ3v) is 3.00. The van der Waals surface area contributed by atoms with Crippen LogP contribution >= 0.6 is 0 Å². The van der Waals surface area contributed by atoms with Crippen molar-refractivity contribution < 1.29 is 9.47 Å². The van der Waals surface area contributed by atoms with Gasteiger partial charge in [-0.1, -0.05) is 0 Å². The molecule has 0 aliphatic carbocycles. The van der Waals surface area contributed by atoms with Gasteiger partial charge < -0.3 is 14.4 Å². The van der Waals surface area contributed by atoms with Crippen molar-refractivity contribution in [3.63, 3.8) is 0 Å². The molecule has 92 valence electrons. The zero-order valence-corrected chi connectivity index (χ0v) is 10.3. The number of morpholine rings is 1. The number of benzene rings is 1. The zero-order chi connectivity index (χ0) is 12.3. The van der Waals surface area contributed by atoms with Gasteiger partial charge in [-0.3, -0.25) is 5.41 Å². The summed E-state index contributed by atoms with van der Waals surface area (Å²) in [5.41, 5.74) is 1.99. The molecule has 1 aromatic rings. The highest BCUT2D eigenvalue weighted by molar-refractivity contribution is 5.96. The summed E-state index contributed by atoms with van der Waals surface area (Å²) in [6, 6.07) is 5.85. The van der Waals surface area contributed by atoms with Crippen molar-refractivity contribution in [2.45, 2.75) is 6.92 Å². The molecule has 0 radical (unpaired) electrons. The lowest BCUT2D eigenvalue weighted by atomic mass is 10.1. The number of aryl methyl sites for hydroxylation is 1. The average Bonchev–Trinajstić information content (AvgIpc) is 2.39. The van der Waals surface area contributed by atoms with Crippen molar-refractivity contribution in [2.75, 3.05) is 33.4 Å². The zero-order valence-electron chi connectivity index (χ0n) is 10.3. The number of nitrogens with zero attached hydrogens (tertiary/aromatic N) is 1. The third-order valence-electron chi connectivity index (χ3n) is 3.00. The summed E-state index contributed by atoms with van der Waals surface area (Å²) in [5, 5.41) is 8.18. The molecule has 0 saturated carbocycles. The Labute approximate surface area is 102 Å². The van der Waals surface area contributed by atoms with Gasteiger partial charge in [0.15, 0.2) is 0 Å². The lowest BCUT2D eigenvalue weighted by Gasteiger charge is -2.29. The van der Waals surface area contributed by atoms with E-state index >= 15 is 0 Å². The largest absolute Gasteiger partial charge is 0.496 e. The quantitative estimate of drug-likeness (QED) is 0.625. The van der Waals surface area contributed by atoms with Gasteiger partial charge in [0.05, 0.1) is 20.3 Å². The monoisotopic (exact) mass is 234 g/mol. The highest BCUT2D eigenvalue weighted by Crippen LogP contribution is 2.19. The van der Waals surface area contributed by atoms with E-state index in [-0.39, 0.29) is 0 Å². The van der Waals surface area contributed by atoms with Crippen LogP contribution in [-0.4, -0.2) is 44.1 Å². The van der Waals surface area contributed by atoms with Crippen LogP contribution in [0.1, 0.15) is 11.1 Å². The standard InChI is InChI=1S/C13H18N2O2/c1-10-9-11(3-4-12(10)16-2)13(14)15-5-7-17-8-6-15/h3-4,9,14H,5-8H2,1-2H3. The molecule has 1 saturated heterocycles. The van der Waals surface area contributed by atoms with Gasteiger partial charge in [-0.25, -0.2) is 0 Å². The fraction of sp³-hybridized carbons (Fsp3) is 0.462. The summed E-state index contributed by atoms with van der Waals surface area (Å²) in [4.78, 5) is 2.05. The first-order valence-electron chi connectivity index (χ1n) is 5.78. The molecule has 1 aliphatic rings. The molecular formula is C13H18N2O2. The van der Waals surface area contributed by atoms with E-state index in [1.807, 2.05) is 30.0 Å². The molecule has 0 aromatic heterocycles. The van der Waals surface area contributed by atoms with Crippen LogP contribution in [0.15, 0.2) is 18.2 Å². The molecule has 0 atom stereocenters. The van der Waals surface area contributed by atoms with E-state index in [9.17, 15) is 0 Å². The summed E-state index contributed by atoms with van der Waals surface area (Å²) in [6.45, 7) is 5.00. The predicted octanol–water partition coefficient (Wildman–Crippen LogP) is 1.66. The van der Waals surface area contributed by atoms with Gasteiger partial charge in [0.1, 0.15) is 11.6 Å². The van der Waals surface area contributed by atoms with Crippen molar-refractivity contribution in [3.05, 3.63) is 29.3 Å². The SMILES string of the molecule is COc1ccc(C(=N)N2CCOCC2)cc1C. The normalized spacial score (nSPS) is 15.8. The number of rotatable bonds is 2. The summed E-state index contributed by atoms with van der Waals surface area (Å²) >= 11 is 0. The van der Waals surface area contributed by atoms with Crippen molar-refractivity contribution in [1.82, 2.24) is 4.90 Å². The fourth-order valence-electron chi connectivity index (χ4n) is 2.00. The van der Waals surface area contributed by atoms with Crippen molar-refractivity contribution in [1.29, 1.82) is 5.41 Å². The van der Waals surface area contributed by atoms with Crippen LogP contribution in [0.4, 0.5) is 0 Å². The number of hydrogen-bond acceptors (Lipinski definition) is 3. The summed E-state index contributed by atoms with van der Waals surface area (Å²) < 4.78 is 10.5. The maximum atomic E-state index is 8.18. The molecule has 0 amide bonds. The Balaban J connectivity index is 2.16. The molecule has 1 N–H and O–H groups in total. The van der Waals surface area contributed by atoms with Crippen LogP contribution in [0.5, 0.6) is 5.75 Å². The second-order valence-electron chi connectivity index (χ2n) is 4.13. The molecule has 0 spiro atoms. The van der Waals surface area contributed by atoms with Gasteiger partial charge in [-0.05, 0) is 30.7 Å². The van der Waals surface area contributed by atoms with Gasteiger partial charge in [0.2, 0.25) is 0 Å². The highest BCUT2D eigenvalue weighted by Gasteiger charge is 2.15. The van der Waals surface area contributed by atoms with Crippen LogP contribution in [0.2, 0.25) is 0 Å². The van der Waals surface area contributed by atoms with E-state index in [0.717, 1.165) is 30.0 Å². The van der Waals surface area contributed by atoms with Gasteiger partial charge in [-0.15, -0.1) is 0 Å². The van der Waals surface area contributed by atoms with Gasteiger partial charge in [-0.2, -0.15) is 0 Å². The first-order valence-corrected chi connectivity index (χ1v) is 5.78.